The second kappa shape index (κ2) is 6.68. The van der Waals surface area contributed by atoms with Crippen LogP contribution in [0.1, 0.15) is 18.5 Å². The summed E-state index contributed by atoms with van der Waals surface area (Å²) in [6.07, 6.45) is 0. The minimum Gasteiger partial charge on any atom is -0.492 e. The molecule has 0 fully saturated rings. The summed E-state index contributed by atoms with van der Waals surface area (Å²) < 4.78 is 41.9. The van der Waals surface area contributed by atoms with Gasteiger partial charge in [-0.25, -0.2) is 0 Å². The van der Waals surface area contributed by atoms with Crippen LogP contribution in [0.3, 0.4) is 0 Å². The van der Waals surface area contributed by atoms with Crippen molar-refractivity contribution in [3.8, 4) is 5.75 Å². The largest absolute Gasteiger partial charge is 0.492 e. The zero-order chi connectivity index (χ0) is 13.8. The van der Waals surface area contributed by atoms with Gasteiger partial charge in [0, 0.05) is 21.8 Å². The second-order valence-electron chi connectivity index (χ2n) is 3.61. The van der Waals surface area contributed by atoms with E-state index >= 15 is 0 Å². The Bertz CT molecular complexity index is 398. The first-order chi connectivity index (χ1) is 8.29. The number of halogens is 4. The van der Waals surface area contributed by atoms with Gasteiger partial charge < -0.3 is 10.5 Å². The summed E-state index contributed by atoms with van der Waals surface area (Å²) >= 11 is 3.21. The maximum absolute atomic E-state index is 11.9. The Labute approximate surface area is 116 Å². The molecule has 0 saturated carbocycles. The predicted molar refractivity (Wildman–Crippen MR) is 70.8 cm³/mol. The normalized spacial score (nSPS) is 13.4. The van der Waals surface area contributed by atoms with Gasteiger partial charge in [0.25, 0.3) is 0 Å². The average molecular weight is 344 g/mol. The van der Waals surface area contributed by atoms with Crippen LogP contribution in [0.2, 0.25) is 0 Å². The minimum absolute atomic E-state index is 0.00840. The first-order valence-corrected chi connectivity index (χ1v) is 6.96. The van der Waals surface area contributed by atoms with Crippen molar-refractivity contribution < 1.29 is 17.9 Å². The summed E-state index contributed by atoms with van der Waals surface area (Å²) in [5.41, 5.74) is 2.32. The van der Waals surface area contributed by atoms with E-state index in [0.717, 1.165) is 10.0 Å². The molecule has 0 radical (unpaired) electrons. The standard InChI is InChI=1S/C11H13BrF3NOS/c1-7(16)9-6-8(12)2-3-10(9)17-4-5-18-11(13,14)15/h2-3,6-7H,4-5,16H2,1H3/t7-/m0/s1. The van der Waals surface area contributed by atoms with Crippen LogP contribution in [0.4, 0.5) is 13.2 Å². The lowest BCUT2D eigenvalue weighted by Crippen LogP contribution is -2.11. The minimum atomic E-state index is -4.22. The molecule has 0 spiro atoms. The molecule has 0 bridgehead atoms. The highest BCUT2D eigenvalue weighted by atomic mass is 79.9. The third-order valence-electron chi connectivity index (χ3n) is 2.07. The van der Waals surface area contributed by atoms with Crippen LogP contribution in [-0.2, 0) is 0 Å². The van der Waals surface area contributed by atoms with Crippen LogP contribution >= 0.6 is 27.7 Å². The number of hydrogen-bond acceptors (Lipinski definition) is 3. The van der Waals surface area contributed by atoms with E-state index in [4.69, 9.17) is 10.5 Å². The summed E-state index contributed by atoms with van der Waals surface area (Å²) in [5.74, 6) is 0.383. The molecule has 2 N–H and O–H groups in total. The van der Waals surface area contributed by atoms with Crippen molar-refractivity contribution >= 4 is 27.7 Å². The molecule has 1 aromatic carbocycles. The number of alkyl halides is 3. The van der Waals surface area contributed by atoms with Crippen LogP contribution in [-0.4, -0.2) is 17.9 Å². The molecule has 1 aromatic rings. The fraction of sp³-hybridized carbons (Fsp3) is 0.455. The maximum atomic E-state index is 11.9. The van der Waals surface area contributed by atoms with Crippen molar-refractivity contribution in [1.82, 2.24) is 0 Å². The van der Waals surface area contributed by atoms with Crippen LogP contribution in [0.15, 0.2) is 22.7 Å². The van der Waals surface area contributed by atoms with Crippen molar-refractivity contribution in [3.63, 3.8) is 0 Å². The number of benzene rings is 1. The third kappa shape index (κ3) is 5.49. The van der Waals surface area contributed by atoms with E-state index in [-0.39, 0.29) is 30.2 Å². The Morgan fingerprint density at radius 2 is 2.11 bits per heavy atom. The Kier molecular flexibility index (Phi) is 5.81. The summed E-state index contributed by atoms with van der Waals surface area (Å²) in [7, 11) is 0. The highest BCUT2D eigenvalue weighted by molar-refractivity contribution is 9.10. The molecule has 18 heavy (non-hydrogen) atoms. The van der Waals surface area contributed by atoms with E-state index in [2.05, 4.69) is 15.9 Å². The molecular weight excluding hydrogens is 331 g/mol. The van der Waals surface area contributed by atoms with Gasteiger partial charge in [0.15, 0.2) is 0 Å². The van der Waals surface area contributed by atoms with Gasteiger partial charge in [-0.05, 0) is 36.9 Å². The summed E-state index contributed by atoms with van der Waals surface area (Å²) in [5, 5.41) is 0. The quantitative estimate of drug-likeness (QED) is 0.817. The van der Waals surface area contributed by atoms with E-state index in [0.29, 0.717) is 5.75 Å². The van der Waals surface area contributed by atoms with E-state index in [9.17, 15) is 13.2 Å². The lowest BCUT2D eigenvalue weighted by atomic mass is 10.1. The van der Waals surface area contributed by atoms with Crippen molar-refractivity contribution in [3.05, 3.63) is 28.2 Å². The molecule has 0 aliphatic carbocycles. The second-order valence-corrected chi connectivity index (χ2v) is 5.69. The predicted octanol–water partition coefficient (Wildman–Crippen LogP) is 4.10. The zero-order valence-electron chi connectivity index (χ0n) is 9.63. The van der Waals surface area contributed by atoms with Crippen molar-refractivity contribution in [2.75, 3.05) is 12.4 Å². The average Bonchev–Trinajstić information content (AvgIpc) is 2.24. The molecule has 0 aliphatic rings. The van der Waals surface area contributed by atoms with Crippen LogP contribution in [0.25, 0.3) is 0 Å². The van der Waals surface area contributed by atoms with Gasteiger partial charge >= 0.3 is 5.51 Å². The summed E-state index contributed by atoms with van der Waals surface area (Å²) in [4.78, 5) is 0. The number of rotatable bonds is 5. The first-order valence-electron chi connectivity index (χ1n) is 5.18. The van der Waals surface area contributed by atoms with E-state index in [1.165, 1.54) is 0 Å². The zero-order valence-corrected chi connectivity index (χ0v) is 12.0. The van der Waals surface area contributed by atoms with Crippen LogP contribution in [0, 0.1) is 0 Å². The molecule has 0 heterocycles. The Hall–Kier alpha value is -0.400. The van der Waals surface area contributed by atoms with Gasteiger partial charge in [0.2, 0.25) is 0 Å². The summed E-state index contributed by atoms with van der Waals surface area (Å²) in [6, 6.07) is 5.02. The number of nitrogens with two attached hydrogens (primary N) is 1. The Balaban J connectivity index is 2.57. The molecule has 0 aromatic heterocycles. The fourth-order valence-electron chi connectivity index (χ4n) is 1.32. The molecule has 1 atom stereocenters. The number of thioether (sulfide) groups is 1. The van der Waals surface area contributed by atoms with Crippen LogP contribution in [0.5, 0.6) is 5.75 Å². The summed E-state index contributed by atoms with van der Waals surface area (Å²) in [6.45, 7) is 1.78. The van der Waals surface area contributed by atoms with Gasteiger partial charge in [-0.3, -0.25) is 0 Å². The smallest absolute Gasteiger partial charge is 0.441 e. The Morgan fingerprint density at radius 3 is 2.67 bits per heavy atom. The topological polar surface area (TPSA) is 35.2 Å². The molecule has 0 saturated heterocycles. The van der Waals surface area contributed by atoms with Gasteiger partial charge in [0.1, 0.15) is 5.75 Å². The molecule has 0 unspecified atom stereocenters. The Morgan fingerprint density at radius 1 is 1.44 bits per heavy atom. The van der Waals surface area contributed by atoms with E-state index in [1.54, 1.807) is 25.1 Å². The van der Waals surface area contributed by atoms with Crippen LogP contribution < -0.4 is 10.5 Å². The van der Waals surface area contributed by atoms with Gasteiger partial charge in [-0.15, -0.1) is 0 Å². The highest BCUT2D eigenvalue weighted by Crippen LogP contribution is 2.31. The molecule has 2 nitrogen and oxygen atoms in total. The van der Waals surface area contributed by atoms with Crippen molar-refractivity contribution in [1.29, 1.82) is 0 Å². The van der Waals surface area contributed by atoms with Crippen molar-refractivity contribution in [2.24, 2.45) is 5.73 Å². The van der Waals surface area contributed by atoms with Gasteiger partial charge in [-0.1, -0.05) is 15.9 Å². The molecule has 0 amide bonds. The third-order valence-corrected chi connectivity index (χ3v) is 3.26. The lowest BCUT2D eigenvalue weighted by Gasteiger charge is -2.14. The fourth-order valence-corrected chi connectivity index (χ4v) is 2.09. The molecule has 102 valence electrons. The molecular formula is C11H13BrF3NOS. The lowest BCUT2D eigenvalue weighted by molar-refractivity contribution is -0.0329. The molecule has 1 rings (SSSR count). The van der Waals surface area contributed by atoms with E-state index in [1.807, 2.05) is 0 Å². The van der Waals surface area contributed by atoms with E-state index < -0.39 is 5.51 Å². The maximum Gasteiger partial charge on any atom is 0.441 e. The number of hydrogen-bond donors (Lipinski definition) is 1. The van der Waals surface area contributed by atoms with Gasteiger partial charge in [-0.2, -0.15) is 13.2 Å². The first kappa shape index (κ1) is 15.7. The molecule has 7 heteroatoms. The highest BCUT2D eigenvalue weighted by Gasteiger charge is 2.27. The SMILES string of the molecule is C[C@H](N)c1cc(Br)ccc1OCCSC(F)(F)F. The molecule has 0 aliphatic heterocycles. The van der Waals surface area contributed by atoms with Gasteiger partial charge in [0.05, 0.1) is 6.61 Å². The number of ether oxygens (including phenoxy) is 1. The monoisotopic (exact) mass is 343 g/mol. The van der Waals surface area contributed by atoms with Crippen molar-refractivity contribution in [2.45, 2.75) is 18.5 Å².